The lowest BCUT2D eigenvalue weighted by molar-refractivity contribution is -0.109. The van der Waals surface area contributed by atoms with Crippen LogP contribution < -0.4 is 11.5 Å². The molecule has 6 N–H and O–H groups in total. The molecule has 0 aromatic carbocycles. The second-order valence-electron chi connectivity index (χ2n) is 7.93. The van der Waals surface area contributed by atoms with E-state index < -0.39 is 0 Å². The summed E-state index contributed by atoms with van der Waals surface area (Å²) in [6, 6.07) is -0.322. The Morgan fingerprint density at radius 2 is 0.951 bits per heavy atom. The van der Waals surface area contributed by atoms with Crippen molar-refractivity contribution in [2.24, 2.45) is 17.4 Å². The molecule has 0 bridgehead atoms. The summed E-state index contributed by atoms with van der Waals surface area (Å²) in [7, 11) is 4.28. The first-order valence-corrected chi connectivity index (χ1v) is 13.7. The fourth-order valence-corrected chi connectivity index (χ4v) is 1.87. The van der Waals surface area contributed by atoms with E-state index >= 15 is 0 Å². The van der Waals surface area contributed by atoms with Crippen LogP contribution in [-0.2, 0) is 42.7 Å². The standard InChI is InChI=1S/C11H23NO4.C9H20O5.C4H10.C2H4.CH3NO.CH4O/c1-14-6-7-16-9-8-15-5-3-2-4-11(12)10-13;1-11-4-5-13-8-9-14-7-6-12-3-2-10;1-4(2)3;1-2;2-1-3;1-2/h10-11H,2-9,12H2,1H3;10H,2-9H2,1H3;4H,1-3H3;1-2H2;1H,(H2,2,3);2H,1H3. The van der Waals surface area contributed by atoms with Gasteiger partial charge in [-0.1, -0.05) is 20.8 Å². The minimum atomic E-state index is -0.322. The first kappa shape index (κ1) is 52.2. The van der Waals surface area contributed by atoms with Crippen LogP contribution >= 0.6 is 0 Å². The molecule has 0 aliphatic heterocycles. The summed E-state index contributed by atoms with van der Waals surface area (Å²) in [5.41, 5.74) is 9.61. The zero-order valence-corrected chi connectivity index (χ0v) is 26.8. The van der Waals surface area contributed by atoms with E-state index in [1.54, 1.807) is 14.2 Å². The van der Waals surface area contributed by atoms with Crippen LogP contribution in [0.4, 0.5) is 0 Å². The first-order valence-electron chi connectivity index (χ1n) is 13.7. The molecule has 0 heterocycles. The largest absolute Gasteiger partial charge is 0.400 e. The highest BCUT2D eigenvalue weighted by Gasteiger charge is 1.98. The molecule has 13 heteroatoms. The van der Waals surface area contributed by atoms with E-state index in [-0.39, 0.29) is 19.1 Å². The normalized spacial score (nSPS) is 10.0. The minimum absolute atomic E-state index is 0.0557. The Bertz CT molecular complexity index is 396. The van der Waals surface area contributed by atoms with Gasteiger partial charge in [0.15, 0.2) is 0 Å². The summed E-state index contributed by atoms with van der Waals surface area (Å²) in [6.07, 6.45) is 3.62. The Labute approximate surface area is 249 Å². The third kappa shape index (κ3) is 92.9. The van der Waals surface area contributed by atoms with E-state index in [4.69, 9.17) is 53.9 Å². The molecule has 252 valence electrons. The third-order valence-corrected chi connectivity index (χ3v) is 3.47. The number of rotatable bonds is 23. The number of hydrogen-bond donors (Lipinski definition) is 4. The zero-order valence-electron chi connectivity index (χ0n) is 26.8. The van der Waals surface area contributed by atoms with Crippen molar-refractivity contribution < 1.29 is 53.0 Å². The summed E-state index contributed by atoms with van der Waals surface area (Å²) < 4.78 is 35.5. The van der Waals surface area contributed by atoms with Crippen molar-refractivity contribution >= 4 is 12.7 Å². The average Bonchev–Trinajstić information content (AvgIpc) is 2.97. The van der Waals surface area contributed by atoms with Crippen LogP contribution in [0.25, 0.3) is 0 Å². The van der Waals surface area contributed by atoms with Crippen LogP contribution in [0, 0.1) is 5.92 Å². The molecule has 0 aromatic heterocycles. The smallest absolute Gasteiger partial charge is 0.204 e. The van der Waals surface area contributed by atoms with E-state index in [2.05, 4.69) is 39.7 Å². The van der Waals surface area contributed by atoms with Crippen LogP contribution in [0.3, 0.4) is 0 Å². The molecule has 1 unspecified atom stereocenters. The quantitative estimate of drug-likeness (QED) is 0.0742. The van der Waals surface area contributed by atoms with E-state index in [9.17, 15) is 4.79 Å². The topological polar surface area (TPSA) is 191 Å². The van der Waals surface area contributed by atoms with Gasteiger partial charge in [0.1, 0.15) is 6.29 Å². The Hall–Kier alpha value is -1.52. The number of unbranched alkanes of at least 4 members (excludes halogenated alkanes) is 1. The molecular weight excluding hydrogens is 540 g/mol. The maximum atomic E-state index is 10.2. The number of amides is 1. The summed E-state index contributed by atoms with van der Waals surface area (Å²) >= 11 is 0. The lowest BCUT2D eigenvalue weighted by Gasteiger charge is -2.06. The number of primary amides is 1. The van der Waals surface area contributed by atoms with Gasteiger partial charge in [0.2, 0.25) is 6.41 Å². The lowest BCUT2D eigenvalue weighted by Crippen LogP contribution is -2.21. The molecule has 1 atom stereocenters. The van der Waals surface area contributed by atoms with Gasteiger partial charge in [-0.05, 0) is 25.2 Å². The number of carbonyl (C=O) groups is 2. The highest BCUT2D eigenvalue weighted by atomic mass is 16.6. The zero-order chi connectivity index (χ0) is 32.8. The second kappa shape index (κ2) is 62.2. The van der Waals surface area contributed by atoms with Gasteiger partial charge in [-0.3, -0.25) is 4.79 Å². The van der Waals surface area contributed by atoms with E-state index in [0.717, 1.165) is 38.6 Å². The van der Waals surface area contributed by atoms with E-state index in [1.807, 2.05) is 0 Å². The molecule has 0 spiro atoms. The number of ether oxygens (including phenoxy) is 7. The monoisotopic (exact) mass is 604 g/mol. The minimum Gasteiger partial charge on any atom is -0.400 e. The van der Waals surface area contributed by atoms with Crippen LogP contribution in [0.1, 0.15) is 40.0 Å². The molecule has 13 nitrogen and oxygen atoms in total. The molecule has 0 saturated heterocycles. The van der Waals surface area contributed by atoms with Crippen molar-refractivity contribution in [3.8, 4) is 0 Å². The molecule has 0 fully saturated rings. The number of hydrogen-bond acceptors (Lipinski definition) is 12. The second-order valence-corrected chi connectivity index (χ2v) is 7.93. The molecule has 1 amide bonds. The number of carbonyl (C=O) groups excluding carboxylic acids is 2. The maximum absolute atomic E-state index is 10.2. The molecule has 0 aromatic rings. The molecule has 0 rings (SSSR count). The Morgan fingerprint density at radius 3 is 1.24 bits per heavy atom. The van der Waals surface area contributed by atoms with Gasteiger partial charge in [-0.25, -0.2) is 0 Å². The Balaban J connectivity index is -0.000000111. The van der Waals surface area contributed by atoms with Crippen LogP contribution in [0.15, 0.2) is 13.2 Å². The first-order chi connectivity index (χ1) is 19.9. The van der Waals surface area contributed by atoms with Gasteiger partial charge >= 0.3 is 0 Å². The van der Waals surface area contributed by atoms with Crippen LogP contribution in [0.5, 0.6) is 0 Å². The molecule has 41 heavy (non-hydrogen) atoms. The van der Waals surface area contributed by atoms with Gasteiger partial charge in [0.25, 0.3) is 0 Å². The lowest BCUT2D eigenvalue weighted by atomic mass is 10.1. The molecule has 0 aliphatic carbocycles. The predicted molar refractivity (Wildman–Crippen MR) is 163 cm³/mol. The van der Waals surface area contributed by atoms with Crippen molar-refractivity contribution in [2.75, 3.05) is 107 Å². The fourth-order valence-electron chi connectivity index (χ4n) is 1.87. The van der Waals surface area contributed by atoms with E-state index in [1.165, 1.54) is 0 Å². The number of aliphatic hydroxyl groups excluding tert-OH is 2. The number of aliphatic hydroxyl groups is 2. The summed E-state index contributed by atoms with van der Waals surface area (Å²) in [6.45, 7) is 19.4. The van der Waals surface area contributed by atoms with Crippen molar-refractivity contribution in [1.29, 1.82) is 0 Å². The van der Waals surface area contributed by atoms with Crippen molar-refractivity contribution in [3.63, 3.8) is 0 Å². The number of methoxy groups -OCH3 is 2. The highest BCUT2D eigenvalue weighted by molar-refractivity contribution is 5.56. The predicted octanol–water partition coefficient (Wildman–Crippen LogP) is 1.21. The molecule has 0 radical (unpaired) electrons. The van der Waals surface area contributed by atoms with Crippen LogP contribution in [0.2, 0.25) is 0 Å². The SMILES string of the molecule is C=C.CC(C)C.CO.COCCOCCOCCCCC(N)C=O.COCCOCCOCCOCCO.NC=O. The van der Waals surface area contributed by atoms with Crippen molar-refractivity contribution in [3.05, 3.63) is 13.2 Å². The molecular formula is C28H64N2O11. The number of aldehydes is 1. The Kier molecular flexibility index (Phi) is 79.1. The number of nitrogens with two attached hydrogens (primary N) is 2. The van der Waals surface area contributed by atoms with E-state index in [0.29, 0.717) is 79.3 Å². The van der Waals surface area contributed by atoms with Crippen LogP contribution in [-0.4, -0.2) is 136 Å². The van der Waals surface area contributed by atoms with Gasteiger partial charge in [-0.15, -0.1) is 13.2 Å². The summed E-state index contributed by atoms with van der Waals surface area (Å²) in [5, 5.41) is 15.4. The van der Waals surface area contributed by atoms with Gasteiger partial charge in [0.05, 0.1) is 85.3 Å². The Morgan fingerprint density at radius 1 is 0.659 bits per heavy atom. The van der Waals surface area contributed by atoms with Crippen molar-refractivity contribution in [2.45, 2.75) is 46.1 Å². The molecule has 0 aliphatic rings. The maximum Gasteiger partial charge on any atom is 0.204 e. The van der Waals surface area contributed by atoms with Gasteiger partial charge in [-0.2, -0.15) is 0 Å². The summed E-state index contributed by atoms with van der Waals surface area (Å²) in [4.78, 5) is 18.8. The average molecular weight is 605 g/mol. The fraction of sp³-hybridized carbons (Fsp3) is 0.857. The van der Waals surface area contributed by atoms with Gasteiger partial charge in [0, 0.05) is 27.9 Å². The van der Waals surface area contributed by atoms with Crippen molar-refractivity contribution in [1.82, 2.24) is 0 Å². The third-order valence-electron chi connectivity index (χ3n) is 3.47. The highest BCUT2D eigenvalue weighted by Crippen LogP contribution is 1.97. The summed E-state index contributed by atoms with van der Waals surface area (Å²) in [5.74, 6) is 0.833. The van der Waals surface area contributed by atoms with Gasteiger partial charge < -0.3 is 59.6 Å². The molecule has 0 saturated carbocycles.